The summed E-state index contributed by atoms with van der Waals surface area (Å²) in [7, 11) is 0. The van der Waals surface area contributed by atoms with Crippen LogP contribution in [0.1, 0.15) is 44.0 Å². The molecule has 106 valence electrons. The van der Waals surface area contributed by atoms with Crippen LogP contribution >= 0.6 is 0 Å². The first-order chi connectivity index (χ1) is 9.35. The average Bonchev–Trinajstić information content (AvgIpc) is 2.33. The number of hydrogen-bond acceptors (Lipinski definition) is 3. The molecule has 0 unspecified atom stereocenters. The SMILES string of the molecule is CC1=C/C(=N/NC(=O)c2cccc(O)c2)CC(C)(C)C1. The summed E-state index contributed by atoms with van der Waals surface area (Å²) in [6, 6.07) is 6.21. The molecule has 0 spiro atoms. The van der Waals surface area contributed by atoms with Crippen molar-refractivity contribution in [3.63, 3.8) is 0 Å². The van der Waals surface area contributed by atoms with E-state index in [9.17, 15) is 9.90 Å². The number of carbonyl (C=O) groups is 1. The lowest BCUT2D eigenvalue weighted by molar-refractivity contribution is 0.0954. The maximum absolute atomic E-state index is 11.9. The van der Waals surface area contributed by atoms with Gasteiger partial charge in [-0.3, -0.25) is 4.79 Å². The first-order valence-electron chi connectivity index (χ1n) is 6.69. The number of benzene rings is 1. The molecule has 0 saturated carbocycles. The van der Waals surface area contributed by atoms with Gasteiger partial charge in [-0.1, -0.05) is 25.5 Å². The topological polar surface area (TPSA) is 61.7 Å². The van der Waals surface area contributed by atoms with Gasteiger partial charge in [-0.2, -0.15) is 5.10 Å². The number of nitrogens with one attached hydrogen (secondary N) is 1. The smallest absolute Gasteiger partial charge is 0.271 e. The second-order valence-corrected chi connectivity index (χ2v) is 6.10. The highest BCUT2D eigenvalue weighted by Gasteiger charge is 2.24. The van der Waals surface area contributed by atoms with Crippen LogP contribution in [0.15, 0.2) is 41.0 Å². The predicted octanol–water partition coefficient (Wildman–Crippen LogP) is 3.24. The minimum absolute atomic E-state index is 0.0693. The maximum Gasteiger partial charge on any atom is 0.271 e. The second-order valence-electron chi connectivity index (χ2n) is 6.10. The lowest BCUT2D eigenvalue weighted by atomic mass is 9.77. The van der Waals surface area contributed by atoms with Crippen molar-refractivity contribution in [2.24, 2.45) is 10.5 Å². The Morgan fingerprint density at radius 3 is 2.75 bits per heavy atom. The zero-order valence-corrected chi connectivity index (χ0v) is 12.1. The second kappa shape index (κ2) is 5.49. The van der Waals surface area contributed by atoms with E-state index in [0.717, 1.165) is 18.6 Å². The van der Waals surface area contributed by atoms with Crippen molar-refractivity contribution in [3.05, 3.63) is 41.5 Å². The summed E-state index contributed by atoms with van der Waals surface area (Å²) in [5, 5.41) is 13.6. The van der Waals surface area contributed by atoms with Gasteiger partial charge in [-0.15, -0.1) is 0 Å². The van der Waals surface area contributed by atoms with Crippen LogP contribution in [-0.2, 0) is 0 Å². The Labute approximate surface area is 119 Å². The third kappa shape index (κ3) is 3.70. The highest BCUT2D eigenvalue weighted by Crippen LogP contribution is 2.33. The van der Waals surface area contributed by atoms with E-state index >= 15 is 0 Å². The summed E-state index contributed by atoms with van der Waals surface area (Å²) in [6.07, 6.45) is 3.91. The monoisotopic (exact) mass is 272 g/mol. The number of carbonyl (C=O) groups excluding carboxylic acids is 1. The van der Waals surface area contributed by atoms with Gasteiger partial charge >= 0.3 is 0 Å². The third-order valence-corrected chi connectivity index (χ3v) is 3.24. The molecule has 4 nitrogen and oxygen atoms in total. The van der Waals surface area contributed by atoms with Crippen LogP contribution in [0.5, 0.6) is 5.75 Å². The number of phenols is 1. The van der Waals surface area contributed by atoms with Gasteiger partial charge in [0, 0.05) is 5.56 Å². The molecule has 2 rings (SSSR count). The van der Waals surface area contributed by atoms with Crippen molar-refractivity contribution in [3.8, 4) is 5.75 Å². The highest BCUT2D eigenvalue weighted by molar-refractivity contribution is 5.99. The molecule has 2 N–H and O–H groups in total. The molecule has 20 heavy (non-hydrogen) atoms. The van der Waals surface area contributed by atoms with Gasteiger partial charge in [0.15, 0.2) is 0 Å². The van der Waals surface area contributed by atoms with Crippen LogP contribution in [0.2, 0.25) is 0 Å². The van der Waals surface area contributed by atoms with Crippen molar-refractivity contribution in [2.75, 3.05) is 0 Å². The van der Waals surface area contributed by atoms with Gasteiger partial charge in [-0.25, -0.2) is 5.43 Å². The Morgan fingerprint density at radius 1 is 1.35 bits per heavy atom. The summed E-state index contributed by atoms with van der Waals surface area (Å²) in [6.45, 7) is 6.46. The zero-order chi connectivity index (χ0) is 14.8. The van der Waals surface area contributed by atoms with E-state index in [4.69, 9.17) is 0 Å². The van der Waals surface area contributed by atoms with Crippen LogP contribution in [-0.4, -0.2) is 16.7 Å². The number of hydrogen-bond donors (Lipinski definition) is 2. The van der Waals surface area contributed by atoms with E-state index in [-0.39, 0.29) is 17.1 Å². The largest absolute Gasteiger partial charge is 0.508 e. The number of aromatic hydroxyl groups is 1. The lowest BCUT2D eigenvalue weighted by Crippen LogP contribution is -2.25. The number of amides is 1. The number of hydrazone groups is 1. The van der Waals surface area contributed by atoms with Gasteiger partial charge in [-0.05, 0) is 49.5 Å². The molecule has 1 aromatic rings. The van der Waals surface area contributed by atoms with Gasteiger partial charge < -0.3 is 5.11 Å². The molecule has 0 aliphatic heterocycles. The van der Waals surface area contributed by atoms with Crippen LogP contribution in [0.4, 0.5) is 0 Å². The first-order valence-corrected chi connectivity index (χ1v) is 6.69. The molecule has 1 aliphatic carbocycles. The molecule has 0 saturated heterocycles. The average molecular weight is 272 g/mol. The molecule has 0 atom stereocenters. The van der Waals surface area contributed by atoms with Crippen molar-refractivity contribution < 1.29 is 9.90 Å². The van der Waals surface area contributed by atoms with Crippen LogP contribution in [0, 0.1) is 5.41 Å². The highest BCUT2D eigenvalue weighted by atomic mass is 16.3. The Kier molecular flexibility index (Phi) is 3.93. The Bertz CT molecular complexity index is 586. The maximum atomic E-state index is 11.9. The van der Waals surface area contributed by atoms with Gasteiger partial charge in [0.05, 0.1) is 5.71 Å². The molecule has 4 heteroatoms. The Balaban J connectivity index is 2.09. The van der Waals surface area contributed by atoms with E-state index in [1.807, 2.05) is 6.08 Å². The van der Waals surface area contributed by atoms with Crippen LogP contribution in [0.25, 0.3) is 0 Å². The minimum Gasteiger partial charge on any atom is -0.508 e. The normalized spacial score (nSPS) is 19.6. The van der Waals surface area contributed by atoms with Crippen molar-refractivity contribution in [1.29, 1.82) is 0 Å². The molecule has 1 aromatic carbocycles. The predicted molar refractivity (Wildman–Crippen MR) is 79.8 cm³/mol. The molecular formula is C16H20N2O2. The summed E-state index contributed by atoms with van der Waals surface area (Å²) in [4.78, 5) is 11.9. The Hall–Kier alpha value is -2.10. The quantitative estimate of drug-likeness (QED) is 0.812. The summed E-state index contributed by atoms with van der Waals surface area (Å²) in [5.41, 5.74) is 5.27. The third-order valence-electron chi connectivity index (χ3n) is 3.24. The van der Waals surface area contributed by atoms with Crippen molar-refractivity contribution in [2.45, 2.75) is 33.6 Å². The molecule has 0 bridgehead atoms. The molecule has 0 fully saturated rings. The molecule has 1 aliphatic rings. The van der Waals surface area contributed by atoms with Gasteiger partial charge in [0.25, 0.3) is 5.91 Å². The summed E-state index contributed by atoms with van der Waals surface area (Å²) < 4.78 is 0. The minimum atomic E-state index is -0.317. The molecular weight excluding hydrogens is 252 g/mol. The standard InChI is InChI=1S/C16H20N2O2/c1-11-7-13(10-16(2,3)9-11)17-18-15(20)12-5-4-6-14(19)8-12/h4-8,19H,9-10H2,1-3H3,(H,18,20)/b17-13-. The van der Waals surface area contributed by atoms with Crippen molar-refractivity contribution >= 4 is 11.6 Å². The zero-order valence-electron chi connectivity index (χ0n) is 12.1. The lowest BCUT2D eigenvalue weighted by Gasteiger charge is -2.29. The van der Waals surface area contributed by atoms with Gasteiger partial charge in [0.2, 0.25) is 0 Å². The molecule has 0 radical (unpaired) electrons. The van der Waals surface area contributed by atoms with E-state index < -0.39 is 0 Å². The van der Waals surface area contributed by atoms with Crippen molar-refractivity contribution in [1.82, 2.24) is 5.43 Å². The number of nitrogens with zero attached hydrogens (tertiary/aromatic N) is 1. The van der Waals surface area contributed by atoms with E-state index in [2.05, 4.69) is 31.3 Å². The fourth-order valence-corrected chi connectivity index (χ4v) is 2.60. The Morgan fingerprint density at radius 2 is 2.10 bits per heavy atom. The molecule has 1 amide bonds. The fourth-order valence-electron chi connectivity index (χ4n) is 2.60. The first kappa shape index (κ1) is 14.3. The summed E-state index contributed by atoms with van der Waals surface area (Å²) >= 11 is 0. The summed E-state index contributed by atoms with van der Waals surface area (Å²) in [5.74, 6) is -0.248. The van der Waals surface area contributed by atoms with Gasteiger partial charge in [0.1, 0.15) is 5.75 Å². The number of allylic oxidation sites excluding steroid dienone is 2. The number of rotatable bonds is 2. The fraction of sp³-hybridized carbons (Fsp3) is 0.375. The molecule has 0 heterocycles. The van der Waals surface area contributed by atoms with Crippen LogP contribution in [0.3, 0.4) is 0 Å². The van der Waals surface area contributed by atoms with E-state index in [1.54, 1.807) is 12.1 Å². The van der Waals surface area contributed by atoms with E-state index in [0.29, 0.717) is 5.56 Å². The number of phenolic OH excluding ortho intramolecular Hbond substituents is 1. The van der Waals surface area contributed by atoms with Crippen LogP contribution < -0.4 is 5.43 Å². The van der Waals surface area contributed by atoms with E-state index in [1.165, 1.54) is 17.7 Å². The molecule has 0 aromatic heterocycles.